The number of hydrogen-bond acceptors (Lipinski definition) is 3. The number of nitrogens with zero attached hydrogens (tertiary/aromatic N) is 2. The summed E-state index contributed by atoms with van der Waals surface area (Å²) in [7, 11) is 0. The molecule has 5 heteroatoms. The van der Waals surface area contributed by atoms with Crippen molar-refractivity contribution >= 4 is 11.8 Å². The van der Waals surface area contributed by atoms with Crippen molar-refractivity contribution < 1.29 is 9.59 Å². The van der Waals surface area contributed by atoms with Crippen molar-refractivity contribution in [3.63, 3.8) is 0 Å². The Morgan fingerprint density at radius 2 is 1.61 bits per heavy atom. The molecule has 2 fully saturated rings. The summed E-state index contributed by atoms with van der Waals surface area (Å²) in [5.74, 6) is 0.187. The van der Waals surface area contributed by atoms with Crippen LogP contribution >= 0.6 is 0 Å². The maximum atomic E-state index is 12.4. The minimum absolute atomic E-state index is 0.210. The van der Waals surface area contributed by atoms with Crippen molar-refractivity contribution in [2.75, 3.05) is 26.2 Å². The molecule has 3 rings (SSSR count). The monoisotopic (exact) mass is 315 g/mol. The summed E-state index contributed by atoms with van der Waals surface area (Å²) >= 11 is 0. The summed E-state index contributed by atoms with van der Waals surface area (Å²) in [5, 5.41) is 0. The van der Waals surface area contributed by atoms with Gasteiger partial charge in [-0.1, -0.05) is 12.1 Å². The lowest BCUT2D eigenvalue weighted by Crippen LogP contribution is -2.41. The number of benzene rings is 1. The maximum Gasteiger partial charge on any atom is 0.248 e. The van der Waals surface area contributed by atoms with Gasteiger partial charge in [0.2, 0.25) is 11.8 Å². The third kappa shape index (κ3) is 3.91. The Kier molecular flexibility index (Phi) is 4.96. The van der Waals surface area contributed by atoms with Crippen LogP contribution in [0.1, 0.15) is 41.6 Å². The summed E-state index contributed by atoms with van der Waals surface area (Å²) in [4.78, 5) is 27.9. The van der Waals surface area contributed by atoms with Crippen LogP contribution in [0.4, 0.5) is 0 Å². The fourth-order valence-corrected chi connectivity index (χ4v) is 3.57. The van der Waals surface area contributed by atoms with Gasteiger partial charge in [-0.2, -0.15) is 0 Å². The van der Waals surface area contributed by atoms with Gasteiger partial charge in [0, 0.05) is 31.1 Å². The highest BCUT2D eigenvalue weighted by atomic mass is 16.2. The van der Waals surface area contributed by atoms with E-state index < -0.39 is 5.91 Å². The molecular formula is C18H25N3O2. The van der Waals surface area contributed by atoms with E-state index >= 15 is 0 Å². The Balaban J connectivity index is 1.48. The number of rotatable bonds is 4. The highest BCUT2D eigenvalue weighted by Crippen LogP contribution is 2.23. The van der Waals surface area contributed by atoms with Gasteiger partial charge in [0.05, 0.1) is 0 Å². The van der Waals surface area contributed by atoms with Crippen LogP contribution in [-0.4, -0.2) is 47.8 Å². The van der Waals surface area contributed by atoms with Crippen molar-refractivity contribution in [1.82, 2.24) is 9.80 Å². The topological polar surface area (TPSA) is 66.6 Å². The molecule has 0 spiro atoms. The van der Waals surface area contributed by atoms with E-state index in [1.165, 1.54) is 5.56 Å². The zero-order valence-electron chi connectivity index (χ0n) is 13.5. The van der Waals surface area contributed by atoms with Crippen molar-refractivity contribution in [3.8, 4) is 0 Å². The van der Waals surface area contributed by atoms with E-state index in [1.54, 1.807) is 12.1 Å². The Morgan fingerprint density at radius 3 is 2.17 bits per heavy atom. The number of nitrogens with two attached hydrogens (primary N) is 1. The number of likely N-dealkylation sites (tertiary alicyclic amines) is 2. The van der Waals surface area contributed by atoms with Crippen LogP contribution in [0.3, 0.4) is 0 Å². The van der Waals surface area contributed by atoms with E-state index in [1.807, 2.05) is 17.0 Å². The first-order valence-corrected chi connectivity index (χ1v) is 8.53. The van der Waals surface area contributed by atoms with E-state index in [2.05, 4.69) is 4.90 Å². The molecule has 0 aliphatic carbocycles. The molecule has 2 aliphatic rings. The normalized spacial score (nSPS) is 19.9. The van der Waals surface area contributed by atoms with Gasteiger partial charge in [0.25, 0.3) is 0 Å². The van der Waals surface area contributed by atoms with Gasteiger partial charge in [-0.25, -0.2) is 0 Å². The molecule has 0 saturated carbocycles. The van der Waals surface area contributed by atoms with Gasteiger partial charge in [-0.05, 0) is 56.5 Å². The second kappa shape index (κ2) is 7.13. The predicted molar refractivity (Wildman–Crippen MR) is 88.8 cm³/mol. The molecule has 1 aromatic rings. The SMILES string of the molecule is NC(=O)c1ccc(CN2CCC(C(=O)N3CCCC3)CC2)cc1. The first kappa shape index (κ1) is 16.0. The van der Waals surface area contributed by atoms with Crippen LogP contribution in [-0.2, 0) is 11.3 Å². The fraction of sp³-hybridized carbons (Fsp3) is 0.556. The molecular weight excluding hydrogens is 290 g/mol. The lowest BCUT2D eigenvalue weighted by Gasteiger charge is -2.33. The highest BCUT2D eigenvalue weighted by molar-refractivity contribution is 5.92. The molecule has 0 radical (unpaired) electrons. The fourth-order valence-electron chi connectivity index (χ4n) is 3.57. The van der Waals surface area contributed by atoms with E-state index in [9.17, 15) is 9.59 Å². The Hall–Kier alpha value is -1.88. The van der Waals surface area contributed by atoms with Gasteiger partial charge in [0.1, 0.15) is 0 Å². The molecule has 124 valence electrons. The zero-order valence-corrected chi connectivity index (χ0v) is 13.5. The summed E-state index contributed by atoms with van der Waals surface area (Å²) < 4.78 is 0. The number of primary amides is 1. The summed E-state index contributed by atoms with van der Waals surface area (Å²) in [6.07, 6.45) is 4.22. The molecule has 2 amide bonds. The number of piperidine rings is 1. The van der Waals surface area contributed by atoms with Gasteiger partial charge in [-0.15, -0.1) is 0 Å². The first-order valence-electron chi connectivity index (χ1n) is 8.53. The molecule has 2 heterocycles. The molecule has 0 bridgehead atoms. The lowest BCUT2D eigenvalue weighted by molar-refractivity contribution is -0.136. The minimum atomic E-state index is -0.391. The average Bonchev–Trinajstić information content (AvgIpc) is 3.10. The van der Waals surface area contributed by atoms with Crippen molar-refractivity contribution in [1.29, 1.82) is 0 Å². The van der Waals surface area contributed by atoms with Gasteiger partial charge >= 0.3 is 0 Å². The van der Waals surface area contributed by atoms with Crippen LogP contribution in [0.5, 0.6) is 0 Å². The number of hydrogen-bond donors (Lipinski definition) is 1. The van der Waals surface area contributed by atoms with Crippen LogP contribution in [0.15, 0.2) is 24.3 Å². The van der Waals surface area contributed by atoms with Gasteiger partial charge < -0.3 is 10.6 Å². The van der Waals surface area contributed by atoms with Crippen molar-refractivity contribution in [2.45, 2.75) is 32.2 Å². The Morgan fingerprint density at radius 1 is 1.00 bits per heavy atom. The second-order valence-electron chi connectivity index (χ2n) is 6.64. The quantitative estimate of drug-likeness (QED) is 0.918. The first-order chi connectivity index (χ1) is 11.1. The molecule has 0 unspecified atom stereocenters. The second-order valence-corrected chi connectivity index (χ2v) is 6.64. The van der Waals surface area contributed by atoms with Gasteiger partial charge in [0.15, 0.2) is 0 Å². The molecule has 0 aromatic heterocycles. The standard InChI is InChI=1S/C18H25N3O2/c19-17(22)15-5-3-14(4-6-15)13-20-11-7-16(8-12-20)18(23)21-9-1-2-10-21/h3-6,16H,1-2,7-13H2,(H2,19,22). The van der Waals surface area contributed by atoms with Crippen molar-refractivity contribution in [3.05, 3.63) is 35.4 Å². The Labute approximate surface area is 137 Å². The highest BCUT2D eigenvalue weighted by Gasteiger charge is 2.29. The zero-order chi connectivity index (χ0) is 16.2. The summed E-state index contributed by atoms with van der Waals surface area (Å²) in [6.45, 7) is 4.68. The molecule has 2 N–H and O–H groups in total. The molecule has 1 aromatic carbocycles. The molecule has 23 heavy (non-hydrogen) atoms. The number of carbonyl (C=O) groups excluding carboxylic acids is 2. The van der Waals surface area contributed by atoms with E-state index in [0.29, 0.717) is 11.5 Å². The number of carbonyl (C=O) groups is 2. The molecule has 0 atom stereocenters. The maximum absolute atomic E-state index is 12.4. The third-order valence-corrected chi connectivity index (χ3v) is 5.00. The lowest BCUT2D eigenvalue weighted by atomic mass is 9.95. The molecule has 2 saturated heterocycles. The largest absolute Gasteiger partial charge is 0.366 e. The van der Waals surface area contributed by atoms with Crippen molar-refractivity contribution in [2.24, 2.45) is 11.7 Å². The van der Waals surface area contributed by atoms with E-state index in [-0.39, 0.29) is 5.92 Å². The number of amides is 2. The Bertz CT molecular complexity index is 556. The molecule has 2 aliphatic heterocycles. The van der Waals surface area contributed by atoms with E-state index in [0.717, 1.165) is 58.4 Å². The predicted octanol–water partition coefficient (Wildman–Crippen LogP) is 1.62. The molecule has 5 nitrogen and oxygen atoms in total. The smallest absolute Gasteiger partial charge is 0.248 e. The van der Waals surface area contributed by atoms with Crippen LogP contribution < -0.4 is 5.73 Å². The van der Waals surface area contributed by atoms with Crippen LogP contribution in [0.2, 0.25) is 0 Å². The van der Waals surface area contributed by atoms with Gasteiger partial charge in [-0.3, -0.25) is 14.5 Å². The average molecular weight is 315 g/mol. The van der Waals surface area contributed by atoms with Crippen LogP contribution in [0.25, 0.3) is 0 Å². The van der Waals surface area contributed by atoms with E-state index in [4.69, 9.17) is 5.73 Å². The summed E-state index contributed by atoms with van der Waals surface area (Å²) in [5.41, 5.74) is 6.98. The third-order valence-electron chi connectivity index (χ3n) is 5.00. The van der Waals surface area contributed by atoms with Crippen LogP contribution in [0, 0.1) is 5.92 Å². The minimum Gasteiger partial charge on any atom is -0.366 e. The summed E-state index contributed by atoms with van der Waals surface area (Å²) in [6, 6.07) is 7.48.